The average molecular weight is 494 g/mol. The number of nitrogens with one attached hydrogen (secondary N) is 1. The molecule has 190 valence electrons. The number of ketones is 1. The van der Waals surface area contributed by atoms with E-state index in [-0.39, 0.29) is 11.7 Å². The van der Waals surface area contributed by atoms with Crippen molar-refractivity contribution in [2.75, 3.05) is 35.5 Å². The Morgan fingerprint density at radius 1 is 0.806 bits per heavy atom. The SMILES string of the molecule is COC(=O)C1=C(C)NC2=C(C(=O)C[C@H](c3ccc(OC)c(OC)c3)C2)[C@@H]1c1ccc(OC)c(OC)c1. The maximum atomic E-state index is 13.7. The van der Waals surface area contributed by atoms with Crippen molar-refractivity contribution in [1.29, 1.82) is 0 Å². The second-order valence-electron chi connectivity index (χ2n) is 8.74. The quantitative estimate of drug-likeness (QED) is 0.572. The van der Waals surface area contributed by atoms with Crippen LogP contribution < -0.4 is 24.3 Å². The number of dihydropyridines is 1. The first-order chi connectivity index (χ1) is 17.4. The molecule has 0 radical (unpaired) electrons. The molecular weight excluding hydrogens is 462 g/mol. The Balaban J connectivity index is 1.80. The molecule has 4 rings (SSSR count). The molecular formula is C28H31NO7. The molecule has 36 heavy (non-hydrogen) atoms. The van der Waals surface area contributed by atoms with Crippen molar-refractivity contribution in [2.45, 2.75) is 31.6 Å². The summed E-state index contributed by atoms with van der Waals surface area (Å²) in [6.07, 6.45) is 0.902. The predicted molar refractivity (Wildman–Crippen MR) is 134 cm³/mol. The van der Waals surface area contributed by atoms with Crippen LogP contribution in [-0.4, -0.2) is 47.3 Å². The molecule has 1 aliphatic carbocycles. The third-order valence-electron chi connectivity index (χ3n) is 6.85. The van der Waals surface area contributed by atoms with Gasteiger partial charge in [0.05, 0.1) is 41.1 Å². The Hall–Kier alpha value is -3.94. The van der Waals surface area contributed by atoms with Gasteiger partial charge in [0.2, 0.25) is 0 Å². The van der Waals surface area contributed by atoms with Crippen LogP contribution in [0.4, 0.5) is 0 Å². The summed E-state index contributed by atoms with van der Waals surface area (Å²) in [4.78, 5) is 26.6. The number of hydrogen-bond donors (Lipinski definition) is 1. The van der Waals surface area contributed by atoms with Crippen LogP contribution in [-0.2, 0) is 14.3 Å². The Morgan fingerprint density at radius 2 is 1.36 bits per heavy atom. The van der Waals surface area contributed by atoms with Crippen molar-refractivity contribution >= 4 is 11.8 Å². The molecule has 8 nitrogen and oxygen atoms in total. The molecule has 0 bridgehead atoms. The fourth-order valence-electron chi connectivity index (χ4n) is 5.13. The van der Waals surface area contributed by atoms with Gasteiger partial charge in [0.25, 0.3) is 0 Å². The van der Waals surface area contributed by atoms with Gasteiger partial charge in [-0.1, -0.05) is 12.1 Å². The van der Waals surface area contributed by atoms with Crippen LogP contribution in [0.1, 0.15) is 42.7 Å². The van der Waals surface area contributed by atoms with Crippen LogP contribution >= 0.6 is 0 Å². The molecule has 0 spiro atoms. The van der Waals surface area contributed by atoms with E-state index in [2.05, 4.69) is 5.32 Å². The van der Waals surface area contributed by atoms with E-state index in [1.165, 1.54) is 7.11 Å². The van der Waals surface area contributed by atoms with Gasteiger partial charge in [-0.25, -0.2) is 4.79 Å². The molecule has 1 aliphatic heterocycles. The van der Waals surface area contributed by atoms with Gasteiger partial charge in [0.1, 0.15) is 0 Å². The van der Waals surface area contributed by atoms with Crippen molar-refractivity contribution in [3.05, 3.63) is 70.1 Å². The van der Waals surface area contributed by atoms with Gasteiger partial charge >= 0.3 is 5.97 Å². The van der Waals surface area contributed by atoms with Crippen molar-refractivity contribution in [2.24, 2.45) is 0 Å². The zero-order valence-corrected chi connectivity index (χ0v) is 21.4. The zero-order valence-electron chi connectivity index (χ0n) is 21.4. The van der Waals surface area contributed by atoms with E-state index in [4.69, 9.17) is 23.7 Å². The van der Waals surface area contributed by atoms with Gasteiger partial charge in [0, 0.05) is 29.3 Å². The predicted octanol–water partition coefficient (Wildman–Crippen LogP) is 4.26. The molecule has 0 amide bonds. The summed E-state index contributed by atoms with van der Waals surface area (Å²) >= 11 is 0. The topological polar surface area (TPSA) is 92.3 Å². The molecule has 0 unspecified atom stereocenters. The molecule has 2 aromatic carbocycles. The largest absolute Gasteiger partial charge is 0.493 e. The number of hydrogen-bond acceptors (Lipinski definition) is 8. The van der Waals surface area contributed by atoms with Crippen molar-refractivity contribution in [3.63, 3.8) is 0 Å². The standard InChI is InChI=1S/C28H31NO7/c1-15-25(28(31)36-6)26(17-8-10-22(33-3)24(14-17)35-5)27-19(29-15)11-18(12-20(27)30)16-7-9-21(32-2)23(13-16)34-4/h7-10,13-14,18,26,29H,11-12H2,1-6H3/t18-,26-/m1/s1. The number of benzene rings is 2. The lowest BCUT2D eigenvalue weighted by molar-refractivity contribution is -0.136. The van der Waals surface area contributed by atoms with Gasteiger partial charge in [-0.05, 0) is 54.7 Å². The summed E-state index contributed by atoms with van der Waals surface area (Å²) in [7, 11) is 7.64. The van der Waals surface area contributed by atoms with Gasteiger partial charge in [0.15, 0.2) is 28.8 Å². The first-order valence-electron chi connectivity index (χ1n) is 11.6. The van der Waals surface area contributed by atoms with Crippen LogP contribution in [0.3, 0.4) is 0 Å². The Bertz CT molecular complexity index is 1260. The Labute approximate surface area is 210 Å². The first-order valence-corrected chi connectivity index (χ1v) is 11.6. The minimum atomic E-state index is -0.590. The number of carbonyl (C=O) groups is 2. The summed E-state index contributed by atoms with van der Waals surface area (Å²) in [6.45, 7) is 1.83. The van der Waals surface area contributed by atoms with Gasteiger partial charge in [-0.3, -0.25) is 4.79 Å². The highest BCUT2D eigenvalue weighted by molar-refractivity contribution is 6.04. The maximum absolute atomic E-state index is 13.7. The molecule has 2 atom stereocenters. The Morgan fingerprint density at radius 3 is 1.92 bits per heavy atom. The number of methoxy groups -OCH3 is 5. The lowest BCUT2D eigenvalue weighted by atomic mass is 9.71. The molecule has 0 saturated heterocycles. The fraction of sp³-hybridized carbons (Fsp3) is 0.357. The first kappa shape index (κ1) is 25.2. The normalized spacial score (nSPS) is 19.3. The fourth-order valence-corrected chi connectivity index (χ4v) is 5.13. The summed E-state index contributed by atoms with van der Waals surface area (Å²) in [5.74, 6) is 1.17. The summed E-state index contributed by atoms with van der Waals surface area (Å²) in [5.41, 5.74) is 4.17. The van der Waals surface area contributed by atoms with E-state index in [9.17, 15) is 9.59 Å². The van der Waals surface area contributed by atoms with Crippen molar-refractivity contribution in [3.8, 4) is 23.0 Å². The summed E-state index contributed by atoms with van der Waals surface area (Å²) in [5, 5.41) is 3.34. The molecule has 2 aromatic rings. The lowest BCUT2D eigenvalue weighted by Crippen LogP contribution is -2.36. The number of allylic oxidation sites excluding steroid dienone is 3. The maximum Gasteiger partial charge on any atom is 0.336 e. The molecule has 8 heteroatoms. The van der Waals surface area contributed by atoms with Gasteiger partial charge < -0.3 is 29.0 Å². The van der Waals surface area contributed by atoms with E-state index in [1.54, 1.807) is 34.5 Å². The zero-order chi connectivity index (χ0) is 26.0. The Kier molecular flexibility index (Phi) is 7.24. The second kappa shape index (κ2) is 10.4. The van der Waals surface area contributed by atoms with Crippen molar-refractivity contribution in [1.82, 2.24) is 5.32 Å². The van der Waals surface area contributed by atoms with Crippen LogP contribution in [0, 0.1) is 0 Å². The van der Waals surface area contributed by atoms with E-state index in [1.807, 2.05) is 37.3 Å². The second-order valence-corrected chi connectivity index (χ2v) is 8.74. The minimum absolute atomic E-state index is 0.0303. The third-order valence-corrected chi connectivity index (χ3v) is 6.85. The third kappa shape index (κ3) is 4.39. The van der Waals surface area contributed by atoms with Crippen LogP contribution in [0.2, 0.25) is 0 Å². The number of esters is 1. The highest BCUT2D eigenvalue weighted by Crippen LogP contribution is 2.47. The minimum Gasteiger partial charge on any atom is -0.493 e. The molecule has 1 N–H and O–H groups in total. The van der Waals surface area contributed by atoms with E-state index in [0.717, 1.165) is 16.8 Å². The number of Topliss-reactive ketones (excluding diaryl/α,β-unsaturated/α-hetero) is 1. The van der Waals surface area contributed by atoms with E-state index < -0.39 is 11.9 Å². The van der Waals surface area contributed by atoms with Crippen LogP contribution in [0.25, 0.3) is 0 Å². The molecule has 0 saturated carbocycles. The summed E-state index contributed by atoms with van der Waals surface area (Å²) < 4.78 is 26.8. The highest BCUT2D eigenvalue weighted by atomic mass is 16.5. The molecule has 0 fully saturated rings. The highest BCUT2D eigenvalue weighted by Gasteiger charge is 2.41. The smallest absolute Gasteiger partial charge is 0.336 e. The summed E-state index contributed by atoms with van der Waals surface area (Å²) in [6, 6.07) is 11.2. The van der Waals surface area contributed by atoms with E-state index >= 15 is 0 Å². The lowest BCUT2D eigenvalue weighted by Gasteiger charge is -2.36. The van der Waals surface area contributed by atoms with E-state index in [0.29, 0.717) is 52.7 Å². The van der Waals surface area contributed by atoms with Gasteiger partial charge in [-0.15, -0.1) is 0 Å². The van der Waals surface area contributed by atoms with Crippen LogP contribution in [0.15, 0.2) is 58.9 Å². The molecule has 0 aromatic heterocycles. The average Bonchev–Trinajstić information content (AvgIpc) is 2.90. The molecule has 2 aliphatic rings. The number of ether oxygens (including phenoxy) is 5. The van der Waals surface area contributed by atoms with Crippen LogP contribution in [0.5, 0.6) is 23.0 Å². The number of rotatable bonds is 7. The number of carbonyl (C=O) groups excluding carboxylic acids is 2. The monoisotopic (exact) mass is 493 g/mol. The molecule has 1 heterocycles. The van der Waals surface area contributed by atoms with Gasteiger partial charge in [-0.2, -0.15) is 0 Å². The van der Waals surface area contributed by atoms with Crippen molar-refractivity contribution < 1.29 is 33.3 Å².